The molecule has 6 nitrogen and oxygen atoms in total. The van der Waals surface area contributed by atoms with Crippen LogP contribution < -0.4 is 14.4 Å². The van der Waals surface area contributed by atoms with Crippen LogP contribution in [-0.2, 0) is 20.2 Å². The average molecular weight is 529 g/mol. The highest BCUT2D eigenvalue weighted by Gasteiger charge is 2.30. The molecule has 1 N–H and O–H groups in total. The number of ether oxygens (including phenoxy) is 1. The third kappa shape index (κ3) is 6.59. The molecule has 0 radical (unpaired) electrons. The Morgan fingerprint density at radius 2 is 1.61 bits per heavy atom. The molecule has 1 atom stereocenters. The fourth-order valence-electron chi connectivity index (χ4n) is 3.75. The summed E-state index contributed by atoms with van der Waals surface area (Å²) in [4.78, 5) is 13.2. The van der Waals surface area contributed by atoms with Crippen LogP contribution in [0.5, 0.6) is 5.75 Å². The third-order valence-corrected chi connectivity index (χ3v) is 7.80. The maximum atomic E-state index is 13.7. The molecule has 0 aliphatic carbocycles. The number of para-hydroxylation sites is 2. The van der Waals surface area contributed by atoms with Crippen molar-refractivity contribution in [3.63, 3.8) is 0 Å². The maximum Gasteiger partial charge on any atom is 0.264 e. The normalized spacial score (nSPS) is 12.6. The fraction of sp³-hybridized carbons (Fsp3) is 0.321. The van der Waals surface area contributed by atoms with Crippen LogP contribution in [0.2, 0.25) is 5.02 Å². The van der Waals surface area contributed by atoms with Gasteiger partial charge in [-0.2, -0.15) is 0 Å². The average Bonchev–Trinajstić information content (AvgIpc) is 2.83. The van der Waals surface area contributed by atoms with Gasteiger partial charge in [0.05, 0.1) is 23.2 Å². The molecule has 0 aliphatic rings. The molecule has 3 aromatic rings. The highest BCUT2D eigenvalue weighted by atomic mass is 35.5. The lowest BCUT2D eigenvalue weighted by Gasteiger charge is -2.27. The minimum atomic E-state index is -4.10. The van der Waals surface area contributed by atoms with E-state index in [0.717, 1.165) is 9.87 Å². The molecule has 0 fully saturated rings. The van der Waals surface area contributed by atoms with Crippen molar-refractivity contribution in [3.8, 4) is 5.75 Å². The summed E-state index contributed by atoms with van der Waals surface area (Å²) in [6.07, 6.45) is 0. The van der Waals surface area contributed by atoms with Crippen LogP contribution in [-0.4, -0.2) is 27.5 Å². The molecule has 0 saturated carbocycles. The van der Waals surface area contributed by atoms with Crippen molar-refractivity contribution in [2.75, 3.05) is 17.5 Å². The van der Waals surface area contributed by atoms with Crippen LogP contribution in [0.4, 0.5) is 5.69 Å². The number of anilines is 1. The van der Waals surface area contributed by atoms with Crippen molar-refractivity contribution < 1.29 is 17.9 Å². The first kappa shape index (κ1) is 27.6. The SMILES string of the molecule is CCOc1ccccc1N(CC(=O)N[C@@H](C)c1ccc(C(C)(C)C)cc1)S(=O)(=O)c1ccc(Cl)cc1. The van der Waals surface area contributed by atoms with Crippen LogP contribution in [0, 0.1) is 0 Å². The van der Waals surface area contributed by atoms with Crippen LogP contribution in [0.1, 0.15) is 51.8 Å². The number of hydrogen-bond donors (Lipinski definition) is 1. The van der Waals surface area contributed by atoms with Gasteiger partial charge in [-0.3, -0.25) is 9.10 Å². The second kappa shape index (κ2) is 11.4. The Labute approximate surface area is 219 Å². The zero-order chi connectivity index (χ0) is 26.5. The molecule has 8 heteroatoms. The lowest BCUT2D eigenvalue weighted by atomic mass is 9.86. The topological polar surface area (TPSA) is 75.7 Å². The quantitative estimate of drug-likeness (QED) is 0.363. The standard InChI is InChI=1S/C28H33ClN2O4S/c1-6-35-26-10-8-7-9-25(26)31(36(33,34)24-17-15-23(29)16-18-24)19-27(32)30-20(2)21-11-13-22(14-12-21)28(3,4)5/h7-18,20H,6,19H2,1-5H3,(H,30,32)/t20-/m0/s1. The Morgan fingerprint density at radius 3 is 2.19 bits per heavy atom. The van der Waals surface area contributed by atoms with Crippen LogP contribution in [0.25, 0.3) is 0 Å². The molecule has 0 aliphatic heterocycles. The molecule has 0 heterocycles. The predicted octanol–water partition coefficient (Wildman–Crippen LogP) is 6.11. The van der Waals surface area contributed by atoms with E-state index in [9.17, 15) is 13.2 Å². The first-order valence-corrected chi connectivity index (χ1v) is 13.6. The molecule has 3 aromatic carbocycles. The Morgan fingerprint density at radius 1 is 1.00 bits per heavy atom. The maximum absolute atomic E-state index is 13.7. The largest absolute Gasteiger partial charge is 0.492 e. The van der Waals surface area contributed by atoms with E-state index in [1.807, 2.05) is 38.1 Å². The molecule has 0 bridgehead atoms. The zero-order valence-electron chi connectivity index (χ0n) is 21.3. The van der Waals surface area contributed by atoms with E-state index in [4.69, 9.17) is 16.3 Å². The van der Waals surface area contributed by atoms with Crippen LogP contribution >= 0.6 is 11.6 Å². The van der Waals surface area contributed by atoms with Gasteiger partial charge in [0, 0.05) is 5.02 Å². The zero-order valence-corrected chi connectivity index (χ0v) is 22.9. The molecule has 0 unspecified atom stereocenters. The van der Waals surface area contributed by atoms with Gasteiger partial charge >= 0.3 is 0 Å². The van der Waals surface area contributed by atoms with E-state index in [1.54, 1.807) is 24.3 Å². The van der Waals surface area contributed by atoms with Gasteiger partial charge in [0.25, 0.3) is 10.0 Å². The number of carbonyl (C=O) groups is 1. The summed E-state index contributed by atoms with van der Waals surface area (Å²) in [7, 11) is -4.10. The van der Waals surface area contributed by atoms with Crippen molar-refractivity contribution in [2.24, 2.45) is 0 Å². The van der Waals surface area contributed by atoms with Crippen molar-refractivity contribution in [3.05, 3.63) is 88.9 Å². The first-order valence-electron chi connectivity index (χ1n) is 11.8. The lowest BCUT2D eigenvalue weighted by Crippen LogP contribution is -2.41. The molecular formula is C28H33ClN2O4S. The van der Waals surface area contributed by atoms with Gasteiger partial charge in [-0.1, -0.05) is 68.8 Å². The number of halogens is 1. The second-order valence-electron chi connectivity index (χ2n) is 9.53. The molecule has 0 spiro atoms. The van der Waals surface area contributed by atoms with Crippen molar-refractivity contribution >= 4 is 33.2 Å². The fourth-order valence-corrected chi connectivity index (χ4v) is 5.30. The van der Waals surface area contributed by atoms with E-state index in [0.29, 0.717) is 17.4 Å². The molecule has 0 saturated heterocycles. The summed E-state index contributed by atoms with van der Waals surface area (Å²) in [5.74, 6) is -0.0672. The van der Waals surface area contributed by atoms with Crippen molar-refractivity contribution in [1.82, 2.24) is 5.32 Å². The number of nitrogens with one attached hydrogen (secondary N) is 1. The second-order valence-corrected chi connectivity index (χ2v) is 11.8. The molecule has 0 aromatic heterocycles. The molecular weight excluding hydrogens is 496 g/mol. The number of sulfonamides is 1. The van der Waals surface area contributed by atoms with Crippen LogP contribution in [0.3, 0.4) is 0 Å². The Hall–Kier alpha value is -3.03. The Bertz CT molecular complexity index is 1280. The van der Waals surface area contributed by atoms with E-state index >= 15 is 0 Å². The number of amides is 1. The summed E-state index contributed by atoms with van der Waals surface area (Å²) >= 11 is 5.97. The minimum absolute atomic E-state index is 0.0233. The number of carbonyl (C=O) groups excluding carboxylic acids is 1. The van der Waals surface area contributed by atoms with Gasteiger partial charge < -0.3 is 10.1 Å². The molecule has 192 valence electrons. The van der Waals surface area contributed by atoms with Gasteiger partial charge in [0.1, 0.15) is 12.3 Å². The van der Waals surface area contributed by atoms with Gasteiger partial charge in [-0.05, 0) is 66.8 Å². The Kier molecular flexibility index (Phi) is 8.69. The monoisotopic (exact) mass is 528 g/mol. The molecule has 3 rings (SSSR count). The van der Waals surface area contributed by atoms with Crippen molar-refractivity contribution in [1.29, 1.82) is 0 Å². The predicted molar refractivity (Wildman–Crippen MR) is 145 cm³/mol. The number of benzene rings is 3. The van der Waals surface area contributed by atoms with Gasteiger partial charge in [-0.25, -0.2) is 8.42 Å². The van der Waals surface area contributed by atoms with Crippen LogP contribution in [0.15, 0.2) is 77.7 Å². The summed E-state index contributed by atoms with van der Waals surface area (Å²) in [6, 6.07) is 20.4. The van der Waals surface area contributed by atoms with Crippen molar-refractivity contribution in [2.45, 2.75) is 51.0 Å². The highest BCUT2D eigenvalue weighted by Crippen LogP contribution is 2.33. The number of rotatable bonds is 9. The molecule has 36 heavy (non-hydrogen) atoms. The van der Waals surface area contributed by atoms with E-state index < -0.39 is 22.5 Å². The van der Waals surface area contributed by atoms with E-state index in [2.05, 4.69) is 26.1 Å². The summed E-state index contributed by atoms with van der Waals surface area (Å²) in [5.41, 5.74) is 2.43. The first-order chi connectivity index (χ1) is 16.9. The van der Waals surface area contributed by atoms with E-state index in [1.165, 1.54) is 29.8 Å². The number of nitrogens with zero attached hydrogens (tertiary/aromatic N) is 1. The van der Waals surface area contributed by atoms with E-state index in [-0.39, 0.29) is 22.0 Å². The minimum Gasteiger partial charge on any atom is -0.492 e. The smallest absolute Gasteiger partial charge is 0.264 e. The number of hydrogen-bond acceptors (Lipinski definition) is 4. The van der Waals surface area contributed by atoms with Gasteiger partial charge in [-0.15, -0.1) is 0 Å². The highest BCUT2D eigenvalue weighted by molar-refractivity contribution is 7.92. The summed E-state index contributed by atoms with van der Waals surface area (Å²) in [5, 5.41) is 3.35. The third-order valence-electron chi connectivity index (χ3n) is 5.78. The lowest BCUT2D eigenvalue weighted by molar-refractivity contribution is -0.120. The van der Waals surface area contributed by atoms with Gasteiger partial charge in [0.15, 0.2) is 0 Å². The van der Waals surface area contributed by atoms with Gasteiger partial charge in [0.2, 0.25) is 5.91 Å². The summed E-state index contributed by atoms with van der Waals surface area (Å²) < 4.78 is 34.1. The summed E-state index contributed by atoms with van der Waals surface area (Å²) in [6.45, 7) is 10.0. The Balaban J connectivity index is 1.90. The molecule has 1 amide bonds.